The Morgan fingerprint density at radius 3 is 2.86 bits per heavy atom. The Hall–Kier alpha value is -0.970. The van der Waals surface area contributed by atoms with Crippen molar-refractivity contribution < 1.29 is 4.39 Å². The molecule has 0 spiro atoms. The lowest BCUT2D eigenvalue weighted by molar-refractivity contribution is 0.209. The Balaban J connectivity index is 1.53. The molecule has 0 amide bonds. The predicted molar refractivity (Wildman–Crippen MR) is 88.4 cm³/mol. The monoisotopic (exact) mass is 306 g/mol. The lowest BCUT2D eigenvalue weighted by Crippen LogP contribution is -2.41. The van der Waals surface area contributed by atoms with Crippen molar-refractivity contribution in [2.45, 2.75) is 38.8 Å². The Morgan fingerprint density at radius 1 is 1.24 bits per heavy atom. The molecule has 1 aromatic heterocycles. The van der Waals surface area contributed by atoms with E-state index in [0.717, 1.165) is 23.2 Å². The first kappa shape index (κ1) is 14.9. The van der Waals surface area contributed by atoms with Gasteiger partial charge in [-0.3, -0.25) is 0 Å². The lowest BCUT2D eigenvalue weighted by Gasteiger charge is -2.29. The van der Waals surface area contributed by atoms with Gasteiger partial charge in [0.25, 0.3) is 0 Å². The van der Waals surface area contributed by atoms with Crippen LogP contribution in [0.25, 0.3) is 10.1 Å². The van der Waals surface area contributed by atoms with Crippen LogP contribution in [0, 0.1) is 5.82 Å². The molecule has 3 rings (SSSR count). The van der Waals surface area contributed by atoms with Gasteiger partial charge >= 0.3 is 0 Å². The summed E-state index contributed by atoms with van der Waals surface area (Å²) in [5.41, 5.74) is 0. The van der Waals surface area contributed by atoms with E-state index in [9.17, 15) is 4.39 Å². The third kappa shape index (κ3) is 4.02. The van der Waals surface area contributed by atoms with E-state index in [4.69, 9.17) is 0 Å². The minimum absolute atomic E-state index is 0.154. The smallest absolute Gasteiger partial charge is 0.123 e. The third-order valence-electron chi connectivity index (χ3n) is 4.13. The highest BCUT2D eigenvalue weighted by Gasteiger charge is 2.13. The van der Waals surface area contributed by atoms with Gasteiger partial charge in [-0.1, -0.05) is 6.42 Å². The molecule has 0 aliphatic carbocycles. The molecule has 1 saturated heterocycles. The van der Waals surface area contributed by atoms with Crippen molar-refractivity contribution >= 4 is 21.4 Å². The molecule has 2 heterocycles. The first-order chi connectivity index (χ1) is 10.2. The molecule has 0 radical (unpaired) electrons. The highest BCUT2D eigenvalue weighted by atomic mass is 32.1. The summed E-state index contributed by atoms with van der Waals surface area (Å²) in [7, 11) is 0. The highest BCUT2D eigenvalue weighted by Crippen LogP contribution is 2.26. The van der Waals surface area contributed by atoms with Gasteiger partial charge in [0.2, 0.25) is 0 Å². The minimum Gasteiger partial charge on any atom is -0.308 e. The van der Waals surface area contributed by atoms with Gasteiger partial charge in [-0.25, -0.2) is 4.39 Å². The van der Waals surface area contributed by atoms with Crippen LogP contribution < -0.4 is 5.32 Å². The van der Waals surface area contributed by atoms with Gasteiger partial charge in [0.05, 0.1) is 0 Å². The van der Waals surface area contributed by atoms with Crippen LogP contribution >= 0.6 is 11.3 Å². The molecule has 2 aromatic rings. The van der Waals surface area contributed by atoms with E-state index in [1.165, 1.54) is 43.3 Å². The SMILES string of the molecule is CC(CN1CCCCC1)NCc1cc2cc(F)ccc2s1. The fourth-order valence-electron chi connectivity index (χ4n) is 3.02. The second kappa shape index (κ2) is 6.86. The Morgan fingerprint density at radius 2 is 2.05 bits per heavy atom. The number of thiophene rings is 1. The van der Waals surface area contributed by atoms with Crippen molar-refractivity contribution in [2.24, 2.45) is 0 Å². The van der Waals surface area contributed by atoms with Crippen molar-refractivity contribution in [3.63, 3.8) is 0 Å². The molecule has 1 fully saturated rings. The average molecular weight is 306 g/mol. The number of fused-ring (bicyclic) bond motifs is 1. The van der Waals surface area contributed by atoms with E-state index < -0.39 is 0 Å². The standard InChI is InChI=1S/C17H23FN2S/c1-13(12-20-7-3-2-4-8-20)19-11-16-10-14-9-15(18)5-6-17(14)21-16/h5-6,9-10,13,19H,2-4,7-8,11-12H2,1H3. The summed E-state index contributed by atoms with van der Waals surface area (Å²) >= 11 is 1.75. The molecule has 4 heteroatoms. The molecule has 1 unspecified atom stereocenters. The quantitative estimate of drug-likeness (QED) is 0.898. The van der Waals surface area contributed by atoms with Gasteiger partial charge in [0.1, 0.15) is 5.82 Å². The maximum absolute atomic E-state index is 13.2. The Bertz CT molecular complexity index is 589. The molecule has 1 aromatic carbocycles. The van der Waals surface area contributed by atoms with Gasteiger partial charge in [0.15, 0.2) is 0 Å². The van der Waals surface area contributed by atoms with E-state index in [2.05, 4.69) is 23.2 Å². The summed E-state index contributed by atoms with van der Waals surface area (Å²) in [6.07, 6.45) is 4.07. The summed E-state index contributed by atoms with van der Waals surface area (Å²) in [6, 6.07) is 7.62. The van der Waals surface area contributed by atoms with Gasteiger partial charge in [-0.15, -0.1) is 11.3 Å². The van der Waals surface area contributed by atoms with E-state index in [1.807, 2.05) is 6.07 Å². The summed E-state index contributed by atoms with van der Waals surface area (Å²) in [4.78, 5) is 3.84. The molecule has 1 N–H and O–H groups in total. The number of nitrogens with zero attached hydrogens (tertiary/aromatic N) is 1. The maximum Gasteiger partial charge on any atom is 0.123 e. The fourth-order valence-corrected chi connectivity index (χ4v) is 4.02. The highest BCUT2D eigenvalue weighted by molar-refractivity contribution is 7.19. The van der Waals surface area contributed by atoms with Crippen molar-refractivity contribution in [3.8, 4) is 0 Å². The van der Waals surface area contributed by atoms with E-state index in [0.29, 0.717) is 6.04 Å². The molecule has 1 atom stereocenters. The van der Waals surface area contributed by atoms with Crippen LogP contribution in [0.5, 0.6) is 0 Å². The molecular weight excluding hydrogens is 283 g/mol. The number of nitrogens with one attached hydrogen (secondary N) is 1. The van der Waals surface area contributed by atoms with Gasteiger partial charge in [0, 0.05) is 28.7 Å². The van der Waals surface area contributed by atoms with E-state index in [1.54, 1.807) is 17.4 Å². The first-order valence-electron chi connectivity index (χ1n) is 7.84. The number of hydrogen-bond acceptors (Lipinski definition) is 3. The first-order valence-corrected chi connectivity index (χ1v) is 8.66. The van der Waals surface area contributed by atoms with Crippen molar-refractivity contribution in [2.75, 3.05) is 19.6 Å². The molecule has 1 aliphatic heterocycles. The van der Waals surface area contributed by atoms with Crippen LogP contribution in [-0.4, -0.2) is 30.6 Å². The van der Waals surface area contributed by atoms with E-state index in [-0.39, 0.29) is 5.82 Å². The normalized spacial score (nSPS) is 18.2. The zero-order valence-electron chi connectivity index (χ0n) is 12.6. The number of hydrogen-bond donors (Lipinski definition) is 1. The minimum atomic E-state index is -0.154. The summed E-state index contributed by atoms with van der Waals surface area (Å²) in [5.74, 6) is -0.154. The number of likely N-dealkylation sites (tertiary alicyclic amines) is 1. The predicted octanol–water partition coefficient (Wildman–Crippen LogP) is 4.00. The largest absolute Gasteiger partial charge is 0.308 e. The molecule has 2 nitrogen and oxygen atoms in total. The van der Waals surface area contributed by atoms with Crippen molar-refractivity contribution in [1.82, 2.24) is 10.2 Å². The summed E-state index contributed by atoms with van der Waals surface area (Å²) < 4.78 is 14.4. The number of rotatable bonds is 5. The average Bonchev–Trinajstić information content (AvgIpc) is 2.88. The maximum atomic E-state index is 13.2. The number of benzene rings is 1. The van der Waals surface area contributed by atoms with Gasteiger partial charge in [-0.2, -0.15) is 0 Å². The van der Waals surface area contributed by atoms with Crippen LogP contribution in [0.3, 0.4) is 0 Å². The van der Waals surface area contributed by atoms with Crippen LogP contribution in [0.2, 0.25) is 0 Å². The van der Waals surface area contributed by atoms with Crippen LogP contribution in [0.15, 0.2) is 24.3 Å². The van der Waals surface area contributed by atoms with Crippen molar-refractivity contribution in [3.05, 3.63) is 35.0 Å². The number of piperidine rings is 1. The second-order valence-corrected chi connectivity index (χ2v) is 7.21. The summed E-state index contributed by atoms with van der Waals surface area (Å²) in [6.45, 7) is 6.74. The molecule has 21 heavy (non-hydrogen) atoms. The Labute approximate surface area is 130 Å². The molecule has 114 valence electrons. The second-order valence-electron chi connectivity index (χ2n) is 6.04. The van der Waals surface area contributed by atoms with Crippen LogP contribution in [0.4, 0.5) is 4.39 Å². The lowest BCUT2D eigenvalue weighted by atomic mass is 10.1. The number of halogens is 1. The molecule has 1 aliphatic rings. The topological polar surface area (TPSA) is 15.3 Å². The van der Waals surface area contributed by atoms with Crippen LogP contribution in [-0.2, 0) is 6.54 Å². The zero-order chi connectivity index (χ0) is 14.7. The molecule has 0 saturated carbocycles. The molecule has 0 bridgehead atoms. The zero-order valence-corrected chi connectivity index (χ0v) is 13.4. The van der Waals surface area contributed by atoms with Crippen LogP contribution in [0.1, 0.15) is 31.1 Å². The fraction of sp³-hybridized carbons (Fsp3) is 0.529. The third-order valence-corrected chi connectivity index (χ3v) is 5.25. The summed E-state index contributed by atoms with van der Waals surface area (Å²) in [5, 5.41) is 4.61. The van der Waals surface area contributed by atoms with Gasteiger partial charge < -0.3 is 10.2 Å². The van der Waals surface area contributed by atoms with Crippen molar-refractivity contribution in [1.29, 1.82) is 0 Å². The molecular formula is C17H23FN2S. The van der Waals surface area contributed by atoms with Gasteiger partial charge in [-0.05, 0) is 62.5 Å². The Kier molecular flexibility index (Phi) is 4.88. The van der Waals surface area contributed by atoms with E-state index >= 15 is 0 Å².